The topological polar surface area (TPSA) is 66.8 Å². The number of nitrogens with zero attached hydrogens (tertiary/aromatic N) is 2. The highest BCUT2D eigenvalue weighted by molar-refractivity contribution is 9.10. The largest absolute Gasteiger partial charge is 0.284 e. The van der Waals surface area contributed by atoms with Gasteiger partial charge in [-0.2, -0.15) is 8.42 Å². The maximum atomic E-state index is 12.5. The molecule has 0 radical (unpaired) electrons. The predicted octanol–water partition coefficient (Wildman–Crippen LogP) is 3.66. The second-order valence-electron chi connectivity index (χ2n) is 5.07. The van der Waals surface area contributed by atoms with Crippen LogP contribution < -0.4 is 4.90 Å². The molecule has 1 amide bonds. The molecule has 5 nitrogen and oxygen atoms in total. The van der Waals surface area contributed by atoms with Crippen molar-refractivity contribution in [3.63, 3.8) is 0 Å². The average molecular weight is 425 g/mol. The van der Waals surface area contributed by atoms with E-state index < -0.39 is 10.0 Å². The zero-order valence-corrected chi connectivity index (χ0v) is 15.8. The molecule has 1 atom stereocenters. The number of amides is 1. The lowest BCUT2D eigenvalue weighted by atomic mass is 10.3. The van der Waals surface area contributed by atoms with Gasteiger partial charge in [0.2, 0.25) is 5.91 Å². The quantitative estimate of drug-likeness (QED) is 0.753. The van der Waals surface area contributed by atoms with Gasteiger partial charge in [0.25, 0.3) is 10.0 Å². The molecular formula is C16H13BrN2O3S2. The molecule has 24 heavy (non-hydrogen) atoms. The molecule has 0 saturated carbocycles. The van der Waals surface area contributed by atoms with E-state index in [9.17, 15) is 13.2 Å². The lowest BCUT2D eigenvalue weighted by Gasteiger charge is -2.15. The first-order chi connectivity index (χ1) is 11.4. The molecule has 1 saturated heterocycles. The summed E-state index contributed by atoms with van der Waals surface area (Å²) in [6.45, 7) is 1.73. The number of hydrogen-bond acceptors (Lipinski definition) is 4. The molecule has 0 aromatic heterocycles. The Morgan fingerprint density at radius 3 is 2.33 bits per heavy atom. The molecule has 0 spiro atoms. The molecule has 1 heterocycles. The molecule has 1 aliphatic rings. The molecule has 0 unspecified atom stereocenters. The first-order valence-corrected chi connectivity index (χ1v) is 10.2. The lowest BCUT2D eigenvalue weighted by molar-refractivity contribution is -0.116. The second-order valence-corrected chi connectivity index (χ2v) is 8.90. The predicted molar refractivity (Wildman–Crippen MR) is 99.7 cm³/mol. The zero-order valence-electron chi connectivity index (χ0n) is 12.6. The first-order valence-electron chi connectivity index (χ1n) is 7.05. The van der Waals surface area contributed by atoms with E-state index in [1.165, 1.54) is 17.0 Å². The Balaban J connectivity index is 2.04. The van der Waals surface area contributed by atoms with Crippen molar-refractivity contribution in [3.05, 3.63) is 59.1 Å². The summed E-state index contributed by atoms with van der Waals surface area (Å²) in [6.07, 6.45) is 0. The summed E-state index contributed by atoms with van der Waals surface area (Å²) in [4.78, 5) is 13.8. The van der Waals surface area contributed by atoms with E-state index in [2.05, 4.69) is 20.3 Å². The molecule has 1 fully saturated rings. The minimum absolute atomic E-state index is 0.0822. The highest BCUT2D eigenvalue weighted by Gasteiger charge is 2.37. The van der Waals surface area contributed by atoms with Crippen molar-refractivity contribution in [1.29, 1.82) is 0 Å². The summed E-state index contributed by atoms with van der Waals surface area (Å²) in [5, 5.41) is -0.217. The van der Waals surface area contributed by atoms with E-state index in [0.717, 1.165) is 16.2 Å². The van der Waals surface area contributed by atoms with Crippen molar-refractivity contribution in [3.8, 4) is 0 Å². The molecule has 0 aliphatic carbocycles. The SMILES string of the molecule is C[C@H]1SC(=NS(=O)(=O)c2ccc(Br)cc2)N(c2ccccc2)C1=O. The Kier molecular flexibility index (Phi) is 4.80. The maximum Gasteiger partial charge on any atom is 0.284 e. The van der Waals surface area contributed by atoms with Gasteiger partial charge in [-0.3, -0.25) is 9.69 Å². The smallest absolute Gasteiger partial charge is 0.273 e. The van der Waals surface area contributed by atoms with E-state index in [1.807, 2.05) is 6.07 Å². The van der Waals surface area contributed by atoms with Gasteiger partial charge in [0.15, 0.2) is 5.17 Å². The third kappa shape index (κ3) is 3.40. The number of hydrogen-bond donors (Lipinski definition) is 0. The number of halogens is 1. The summed E-state index contributed by atoms with van der Waals surface area (Å²) in [5.41, 5.74) is 0.601. The van der Waals surface area contributed by atoms with Crippen LogP contribution in [-0.2, 0) is 14.8 Å². The van der Waals surface area contributed by atoms with Gasteiger partial charge in [-0.15, -0.1) is 4.40 Å². The van der Waals surface area contributed by atoms with Gasteiger partial charge in [-0.25, -0.2) is 0 Å². The van der Waals surface area contributed by atoms with Gasteiger partial charge >= 0.3 is 0 Å². The standard InChI is InChI=1S/C16H13BrN2O3S2/c1-11-15(20)19(13-5-3-2-4-6-13)16(23-11)18-24(21,22)14-9-7-12(17)8-10-14/h2-11H,1H3/t11-/m1/s1. The molecule has 2 aromatic rings. The highest BCUT2D eigenvalue weighted by atomic mass is 79.9. The monoisotopic (exact) mass is 424 g/mol. The molecule has 1 aliphatic heterocycles. The molecule has 0 N–H and O–H groups in total. The Morgan fingerprint density at radius 2 is 1.71 bits per heavy atom. The fourth-order valence-corrected chi connectivity index (χ4v) is 4.60. The number of carbonyl (C=O) groups excluding carboxylic acids is 1. The summed E-state index contributed by atoms with van der Waals surface area (Å²) >= 11 is 4.41. The summed E-state index contributed by atoms with van der Waals surface area (Å²) < 4.78 is 29.8. The third-order valence-electron chi connectivity index (χ3n) is 3.37. The number of rotatable bonds is 3. The van der Waals surface area contributed by atoms with Gasteiger partial charge in [0.05, 0.1) is 15.8 Å². The van der Waals surface area contributed by atoms with Crippen LogP contribution >= 0.6 is 27.7 Å². The van der Waals surface area contributed by atoms with E-state index in [4.69, 9.17) is 0 Å². The van der Waals surface area contributed by atoms with Crippen molar-refractivity contribution in [2.24, 2.45) is 4.40 Å². The zero-order chi connectivity index (χ0) is 17.3. The number of thioether (sulfide) groups is 1. The third-order valence-corrected chi connectivity index (χ3v) is 6.33. The van der Waals surface area contributed by atoms with Crippen molar-refractivity contribution in [1.82, 2.24) is 0 Å². The Morgan fingerprint density at radius 1 is 1.08 bits per heavy atom. The Hall–Kier alpha value is -1.64. The number of para-hydroxylation sites is 1. The summed E-state index contributed by atoms with van der Waals surface area (Å²) in [6, 6.07) is 15.1. The van der Waals surface area contributed by atoms with Crippen LogP contribution in [0.5, 0.6) is 0 Å². The van der Waals surface area contributed by atoms with Gasteiger partial charge in [0, 0.05) is 4.47 Å². The van der Waals surface area contributed by atoms with Crippen LogP contribution in [0.1, 0.15) is 6.92 Å². The molecule has 3 rings (SSSR count). The Labute approximate surface area is 153 Å². The number of anilines is 1. The normalized spacial score (nSPS) is 19.9. The van der Waals surface area contributed by atoms with Crippen molar-refractivity contribution in [2.75, 3.05) is 4.90 Å². The van der Waals surface area contributed by atoms with Crippen LogP contribution in [0.2, 0.25) is 0 Å². The van der Waals surface area contributed by atoms with Crippen LogP contribution in [0.3, 0.4) is 0 Å². The number of amidine groups is 1. The second kappa shape index (κ2) is 6.70. The minimum atomic E-state index is -3.90. The van der Waals surface area contributed by atoms with Gasteiger partial charge in [0.1, 0.15) is 0 Å². The number of sulfonamides is 1. The van der Waals surface area contributed by atoms with Crippen LogP contribution in [0.15, 0.2) is 68.4 Å². The highest BCUT2D eigenvalue weighted by Crippen LogP contribution is 2.32. The van der Waals surface area contributed by atoms with Gasteiger partial charge in [-0.05, 0) is 43.3 Å². The lowest BCUT2D eigenvalue weighted by Crippen LogP contribution is -2.31. The van der Waals surface area contributed by atoms with Crippen molar-refractivity contribution < 1.29 is 13.2 Å². The molecule has 2 aromatic carbocycles. The summed E-state index contributed by atoms with van der Waals surface area (Å²) in [7, 11) is -3.90. The fourth-order valence-electron chi connectivity index (χ4n) is 2.18. The van der Waals surface area contributed by atoms with Gasteiger partial charge in [-0.1, -0.05) is 45.9 Å². The van der Waals surface area contributed by atoms with Crippen LogP contribution in [0.4, 0.5) is 5.69 Å². The molecule has 8 heteroatoms. The van der Waals surface area contributed by atoms with E-state index in [1.54, 1.807) is 43.3 Å². The van der Waals surface area contributed by atoms with E-state index in [0.29, 0.717) is 5.69 Å². The van der Waals surface area contributed by atoms with E-state index in [-0.39, 0.29) is 21.2 Å². The molecular weight excluding hydrogens is 412 g/mol. The number of carbonyl (C=O) groups is 1. The van der Waals surface area contributed by atoms with Crippen LogP contribution in [0, 0.1) is 0 Å². The molecule has 124 valence electrons. The maximum absolute atomic E-state index is 12.5. The van der Waals surface area contributed by atoms with Crippen LogP contribution in [-0.4, -0.2) is 24.7 Å². The van der Waals surface area contributed by atoms with Crippen LogP contribution in [0.25, 0.3) is 0 Å². The van der Waals surface area contributed by atoms with E-state index >= 15 is 0 Å². The van der Waals surface area contributed by atoms with Crippen molar-refractivity contribution >= 4 is 54.5 Å². The molecule has 0 bridgehead atoms. The average Bonchev–Trinajstić information content (AvgIpc) is 2.82. The minimum Gasteiger partial charge on any atom is -0.273 e. The van der Waals surface area contributed by atoms with Crippen molar-refractivity contribution in [2.45, 2.75) is 17.1 Å². The fraction of sp³-hybridized carbons (Fsp3) is 0.125. The number of benzene rings is 2. The van der Waals surface area contributed by atoms with Gasteiger partial charge < -0.3 is 0 Å². The summed E-state index contributed by atoms with van der Waals surface area (Å²) in [5.74, 6) is -0.184. The first kappa shape index (κ1) is 17.2. The Bertz CT molecular complexity index is 897.